The Bertz CT molecular complexity index is 526. The Hall–Kier alpha value is -1.77. The molecule has 2 aromatic rings. The number of aryl methyl sites for hydroxylation is 1. The molecule has 3 heteroatoms. The largest absolute Gasteiger partial charge is 0.351 e. The lowest BCUT2D eigenvalue weighted by Gasteiger charge is -2.05. The molecule has 0 aliphatic rings. The lowest BCUT2D eigenvalue weighted by molar-refractivity contribution is 0.0939. The van der Waals surface area contributed by atoms with Gasteiger partial charge in [0.25, 0.3) is 5.91 Å². The molecule has 1 heterocycles. The van der Waals surface area contributed by atoms with Gasteiger partial charge in [-0.1, -0.05) is 11.6 Å². The zero-order chi connectivity index (χ0) is 11.7. The summed E-state index contributed by atoms with van der Waals surface area (Å²) in [4.78, 5) is 14.9. The molecule has 3 nitrogen and oxygen atoms in total. The Morgan fingerprint density at radius 1 is 1.31 bits per heavy atom. The monoisotopic (exact) mass is 216 g/mol. The van der Waals surface area contributed by atoms with E-state index in [1.165, 1.54) is 5.56 Å². The number of carbonyl (C=O) groups is 1. The zero-order valence-corrected chi connectivity index (χ0v) is 9.79. The highest BCUT2D eigenvalue weighted by atomic mass is 16.1. The molecule has 0 fully saturated rings. The van der Waals surface area contributed by atoms with E-state index in [0.29, 0.717) is 5.69 Å². The molecule has 16 heavy (non-hydrogen) atoms. The van der Waals surface area contributed by atoms with Crippen molar-refractivity contribution in [2.45, 2.75) is 26.8 Å². The van der Waals surface area contributed by atoms with Crippen LogP contribution in [-0.4, -0.2) is 16.9 Å². The molecule has 1 aromatic carbocycles. The average molecular weight is 216 g/mol. The summed E-state index contributed by atoms with van der Waals surface area (Å²) in [5, 5.41) is 3.94. The van der Waals surface area contributed by atoms with Crippen LogP contribution in [0.4, 0.5) is 0 Å². The van der Waals surface area contributed by atoms with Crippen molar-refractivity contribution in [1.29, 1.82) is 0 Å². The Kier molecular flexibility index (Phi) is 2.69. The molecule has 0 radical (unpaired) electrons. The minimum Gasteiger partial charge on any atom is -0.351 e. The zero-order valence-electron chi connectivity index (χ0n) is 9.79. The number of hydrogen-bond acceptors (Lipinski definition) is 1. The standard InChI is InChI=1S/C13H16N2O/c1-8(2)14-13(16)12-7-10-6-9(3)4-5-11(10)15-12/h4-8,15H,1-3H3,(H,14,16). The Morgan fingerprint density at radius 2 is 2.06 bits per heavy atom. The molecular formula is C13H16N2O. The fourth-order valence-corrected chi connectivity index (χ4v) is 1.71. The summed E-state index contributed by atoms with van der Waals surface area (Å²) in [6, 6.07) is 8.14. The normalized spacial score (nSPS) is 11.0. The average Bonchev–Trinajstić information content (AvgIpc) is 2.59. The highest BCUT2D eigenvalue weighted by Gasteiger charge is 2.09. The molecule has 0 atom stereocenters. The predicted octanol–water partition coefficient (Wildman–Crippen LogP) is 2.61. The fourth-order valence-electron chi connectivity index (χ4n) is 1.71. The minimum atomic E-state index is -0.0520. The molecule has 0 spiro atoms. The van der Waals surface area contributed by atoms with Gasteiger partial charge >= 0.3 is 0 Å². The lowest BCUT2D eigenvalue weighted by atomic mass is 10.2. The Balaban J connectivity index is 2.36. The van der Waals surface area contributed by atoms with Gasteiger partial charge in [-0.3, -0.25) is 4.79 Å². The smallest absolute Gasteiger partial charge is 0.267 e. The topological polar surface area (TPSA) is 44.9 Å². The van der Waals surface area contributed by atoms with Gasteiger partial charge in [-0.25, -0.2) is 0 Å². The number of hydrogen-bond donors (Lipinski definition) is 2. The molecule has 0 aliphatic heterocycles. The van der Waals surface area contributed by atoms with Crippen LogP contribution < -0.4 is 5.32 Å². The van der Waals surface area contributed by atoms with E-state index >= 15 is 0 Å². The maximum absolute atomic E-state index is 11.8. The molecule has 2 N–H and O–H groups in total. The first-order valence-corrected chi connectivity index (χ1v) is 5.46. The summed E-state index contributed by atoms with van der Waals surface area (Å²) < 4.78 is 0. The summed E-state index contributed by atoms with van der Waals surface area (Å²) in [6.45, 7) is 5.94. The third-order valence-corrected chi connectivity index (χ3v) is 2.44. The third kappa shape index (κ3) is 2.08. The molecule has 0 saturated heterocycles. The van der Waals surface area contributed by atoms with Crippen molar-refractivity contribution in [1.82, 2.24) is 10.3 Å². The fraction of sp³-hybridized carbons (Fsp3) is 0.308. The Labute approximate surface area is 94.9 Å². The van der Waals surface area contributed by atoms with E-state index in [9.17, 15) is 4.79 Å². The van der Waals surface area contributed by atoms with Crippen LogP contribution in [0.1, 0.15) is 29.9 Å². The number of carbonyl (C=O) groups excluding carboxylic acids is 1. The van der Waals surface area contributed by atoms with Gasteiger partial charge in [-0.05, 0) is 39.0 Å². The van der Waals surface area contributed by atoms with Crippen molar-refractivity contribution < 1.29 is 4.79 Å². The molecule has 1 aromatic heterocycles. The first-order valence-electron chi connectivity index (χ1n) is 5.46. The Morgan fingerprint density at radius 3 is 2.75 bits per heavy atom. The van der Waals surface area contributed by atoms with Crippen molar-refractivity contribution in [3.63, 3.8) is 0 Å². The lowest BCUT2D eigenvalue weighted by Crippen LogP contribution is -2.30. The van der Waals surface area contributed by atoms with Crippen molar-refractivity contribution >= 4 is 16.8 Å². The maximum Gasteiger partial charge on any atom is 0.267 e. The highest BCUT2D eigenvalue weighted by Crippen LogP contribution is 2.16. The van der Waals surface area contributed by atoms with Crippen LogP contribution in [0.15, 0.2) is 24.3 Å². The molecule has 0 aliphatic carbocycles. The number of benzene rings is 1. The van der Waals surface area contributed by atoms with Gasteiger partial charge < -0.3 is 10.3 Å². The van der Waals surface area contributed by atoms with Crippen LogP contribution in [0, 0.1) is 6.92 Å². The summed E-state index contributed by atoms with van der Waals surface area (Å²) in [6.07, 6.45) is 0. The van der Waals surface area contributed by atoms with E-state index < -0.39 is 0 Å². The van der Waals surface area contributed by atoms with Gasteiger partial charge in [0.15, 0.2) is 0 Å². The maximum atomic E-state index is 11.8. The molecule has 2 rings (SSSR count). The predicted molar refractivity (Wildman–Crippen MR) is 65.6 cm³/mol. The second-order valence-electron chi connectivity index (χ2n) is 4.40. The summed E-state index contributed by atoms with van der Waals surface area (Å²) in [7, 11) is 0. The summed E-state index contributed by atoms with van der Waals surface area (Å²) in [5.41, 5.74) is 2.82. The number of rotatable bonds is 2. The SMILES string of the molecule is Cc1ccc2[nH]c(C(=O)NC(C)C)cc2c1. The van der Waals surface area contributed by atoms with Gasteiger partial charge in [0.1, 0.15) is 5.69 Å². The van der Waals surface area contributed by atoms with Crippen molar-refractivity contribution in [3.05, 3.63) is 35.5 Å². The number of nitrogens with one attached hydrogen (secondary N) is 2. The molecular weight excluding hydrogens is 200 g/mol. The van der Waals surface area contributed by atoms with E-state index in [1.807, 2.05) is 39.0 Å². The quantitative estimate of drug-likeness (QED) is 0.796. The second-order valence-corrected chi connectivity index (χ2v) is 4.40. The van der Waals surface area contributed by atoms with Crippen LogP contribution in [0.3, 0.4) is 0 Å². The van der Waals surface area contributed by atoms with E-state index in [1.54, 1.807) is 0 Å². The first kappa shape index (κ1) is 10.7. The van der Waals surface area contributed by atoms with Gasteiger partial charge in [0.2, 0.25) is 0 Å². The number of amides is 1. The first-order chi connectivity index (χ1) is 7.56. The van der Waals surface area contributed by atoms with Crippen molar-refractivity contribution in [3.8, 4) is 0 Å². The van der Waals surface area contributed by atoms with Gasteiger partial charge in [-0.15, -0.1) is 0 Å². The minimum absolute atomic E-state index is 0.0520. The molecule has 0 saturated carbocycles. The highest BCUT2D eigenvalue weighted by molar-refractivity contribution is 5.98. The van der Waals surface area contributed by atoms with Crippen molar-refractivity contribution in [2.24, 2.45) is 0 Å². The number of aromatic amines is 1. The van der Waals surface area contributed by atoms with Crippen LogP contribution >= 0.6 is 0 Å². The summed E-state index contributed by atoms with van der Waals surface area (Å²) >= 11 is 0. The van der Waals surface area contributed by atoms with E-state index in [2.05, 4.69) is 16.4 Å². The van der Waals surface area contributed by atoms with Crippen LogP contribution in [0.25, 0.3) is 10.9 Å². The van der Waals surface area contributed by atoms with E-state index in [-0.39, 0.29) is 11.9 Å². The number of aromatic nitrogens is 1. The van der Waals surface area contributed by atoms with Gasteiger partial charge in [0, 0.05) is 16.9 Å². The molecule has 1 amide bonds. The number of H-pyrrole nitrogens is 1. The van der Waals surface area contributed by atoms with Crippen LogP contribution in [-0.2, 0) is 0 Å². The van der Waals surface area contributed by atoms with Crippen LogP contribution in [0.5, 0.6) is 0 Å². The third-order valence-electron chi connectivity index (χ3n) is 2.44. The van der Waals surface area contributed by atoms with Crippen molar-refractivity contribution in [2.75, 3.05) is 0 Å². The molecule has 0 unspecified atom stereocenters. The molecule has 84 valence electrons. The van der Waals surface area contributed by atoms with Gasteiger partial charge in [-0.2, -0.15) is 0 Å². The number of fused-ring (bicyclic) bond motifs is 1. The van der Waals surface area contributed by atoms with E-state index in [0.717, 1.165) is 10.9 Å². The summed E-state index contributed by atoms with van der Waals surface area (Å²) in [5.74, 6) is -0.0520. The second kappa shape index (κ2) is 4.00. The van der Waals surface area contributed by atoms with Gasteiger partial charge in [0.05, 0.1) is 0 Å². The van der Waals surface area contributed by atoms with Crippen LogP contribution in [0.2, 0.25) is 0 Å². The molecule has 0 bridgehead atoms. The van der Waals surface area contributed by atoms with E-state index in [4.69, 9.17) is 0 Å².